The van der Waals surface area contributed by atoms with Gasteiger partial charge in [-0.3, -0.25) is 4.68 Å². The van der Waals surface area contributed by atoms with Gasteiger partial charge in [0.15, 0.2) is 0 Å². The van der Waals surface area contributed by atoms with Crippen LogP contribution in [-0.4, -0.2) is 9.78 Å². The van der Waals surface area contributed by atoms with E-state index in [1.165, 1.54) is 11.1 Å². The van der Waals surface area contributed by atoms with Gasteiger partial charge in [-0.1, -0.05) is 35.9 Å². The van der Waals surface area contributed by atoms with Gasteiger partial charge in [0.2, 0.25) is 0 Å². The Labute approximate surface area is 124 Å². The zero-order chi connectivity index (χ0) is 14.3. The second-order valence-corrected chi connectivity index (χ2v) is 6.18. The van der Waals surface area contributed by atoms with Crippen LogP contribution in [0.15, 0.2) is 24.3 Å². The molecule has 106 valence electrons. The number of hydrogen-bond acceptors (Lipinski definition) is 2. The molecule has 0 saturated heterocycles. The molecule has 0 saturated carbocycles. The lowest BCUT2D eigenvalue weighted by Crippen LogP contribution is -2.42. The van der Waals surface area contributed by atoms with Crippen molar-refractivity contribution in [3.8, 4) is 0 Å². The molecule has 1 aliphatic rings. The first kappa shape index (κ1) is 13.7. The smallest absolute Gasteiger partial charge is 0.130 e. The third-order valence-electron chi connectivity index (χ3n) is 4.38. The molecule has 3 rings (SSSR count). The van der Waals surface area contributed by atoms with Crippen LogP contribution in [0.1, 0.15) is 35.2 Å². The number of aromatic nitrogens is 2. The van der Waals surface area contributed by atoms with Crippen LogP contribution in [0.3, 0.4) is 0 Å². The fraction of sp³-hybridized carbons (Fsp3) is 0.438. The van der Waals surface area contributed by atoms with Gasteiger partial charge in [-0.2, -0.15) is 5.10 Å². The van der Waals surface area contributed by atoms with Crippen molar-refractivity contribution in [1.82, 2.24) is 9.78 Å². The lowest BCUT2D eigenvalue weighted by Gasteiger charge is -2.36. The highest BCUT2D eigenvalue weighted by molar-refractivity contribution is 6.30. The largest absolute Gasteiger partial charge is 0.321 e. The molecule has 0 fully saturated rings. The van der Waals surface area contributed by atoms with Crippen molar-refractivity contribution in [3.63, 3.8) is 0 Å². The molecule has 1 aromatic heterocycles. The van der Waals surface area contributed by atoms with E-state index in [-0.39, 0.29) is 5.54 Å². The van der Waals surface area contributed by atoms with Crippen LogP contribution in [0.2, 0.25) is 5.15 Å². The Kier molecular flexibility index (Phi) is 3.35. The van der Waals surface area contributed by atoms with E-state index in [4.69, 9.17) is 17.3 Å². The second kappa shape index (κ2) is 4.90. The number of nitrogens with zero attached hydrogens (tertiary/aromatic N) is 2. The molecule has 1 atom stereocenters. The zero-order valence-electron chi connectivity index (χ0n) is 12.0. The predicted octanol–water partition coefficient (Wildman–Crippen LogP) is 3.11. The minimum Gasteiger partial charge on any atom is -0.321 e. The molecular weight excluding hydrogens is 270 g/mol. The monoisotopic (exact) mass is 289 g/mol. The third-order valence-corrected chi connectivity index (χ3v) is 4.86. The summed E-state index contributed by atoms with van der Waals surface area (Å²) in [5, 5.41) is 5.10. The Morgan fingerprint density at radius 1 is 1.40 bits per heavy atom. The van der Waals surface area contributed by atoms with Crippen molar-refractivity contribution in [3.05, 3.63) is 51.8 Å². The first-order chi connectivity index (χ1) is 9.51. The molecule has 2 aromatic rings. The standard InChI is InChI=1S/C16H20ClN3/c1-11-13(15(17)20(2)19-11)10-16(18)9-5-7-12-6-3-4-8-14(12)16/h3-4,6,8H,5,7,9-10,18H2,1-2H3. The molecule has 1 aromatic carbocycles. The maximum Gasteiger partial charge on any atom is 0.130 e. The SMILES string of the molecule is Cc1nn(C)c(Cl)c1CC1(N)CCCc2ccccc21. The maximum atomic E-state index is 6.75. The van der Waals surface area contributed by atoms with Crippen LogP contribution in [0.25, 0.3) is 0 Å². The summed E-state index contributed by atoms with van der Waals surface area (Å²) < 4.78 is 1.73. The van der Waals surface area contributed by atoms with E-state index in [1.54, 1.807) is 4.68 Å². The van der Waals surface area contributed by atoms with Gasteiger partial charge in [0.25, 0.3) is 0 Å². The summed E-state index contributed by atoms with van der Waals surface area (Å²) in [5.41, 5.74) is 11.1. The zero-order valence-corrected chi connectivity index (χ0v) is 12.7. The summed E-state index contributed by atoms with van der Waals surface area (Å²) in [6, 6.07) is 8.51. The highest BCUT2D eigenvalue weighted by atomic mass is 35.5. The average molecular weight is 290 g/mol. The Bertz CT molecular complexity index is 647. The molecule has 0 amide bonds. The molecule has 1 unspecified atom stereocenters. The molecule has 0 aliphatic heterocycles. The molecule has 20 heavy (non-hydrogen) atoms. The van der Waals surface area contributed by atoms with Gasteiger partial charge in [-0.15, -0.1) is 0 Å². The van der Waals surface area contributed by atoms with Crippen LogP contribution in [0.5, 0.6) is 0 Å². The Morgan fingerprint density at radius 2 is 2.15 bits per heavy atom. The first-order valence-corrected chi connectivity index (χ1v) is 7.44. The number of aryl methyl sites for hydroxylation is 3. The number of nitrogens with two attached hydrogens (primary N) is 1. The predicted molar refractivity (Wildman–Crippen MR) is 81.9 cm³/mol. The molecule has 4 heteroatoms. The van der Waals surface area contributed by atoms with Crippen molar-refractivity contribution in [2.24, 2.45) is 12.8 Å². The molecule has 3 nitrogen and oxygen atoms in total. The van der Waals surface area contributed by atoms with Crippen LogP contribution in [-0.2, 0) is 25.4 Å². The Balaban J connectivity index is 2.02. The lowest BCUT2D eigenvalue weighted by molar-refractivity contribution is 0.369. The minimum absolute atomic E-state index is 0.327. The summed E-state index contributed by atoms with van der Waals surface area (Å²) in [4.78, 5) is 0. The lowest BCUT2D eigenvalue weighted by atomic mass is 9.74. The molecule has 2 N–H and O–H groups in total. The van der Waals surface area contributed by atoms with Crippen LogP contribution >= 0.6 is 11.6 Å². The van der Waals surface area contributed by atoms with E-state index in [2.05, 4.69) is 29.4 Å². The summed E-state index contributed by atoms with van der Waals surface area (Å²) >= 11 is 6.37. The minimum atomic E-state index is -0.327. The van der Waals surface area contributed by atoms with Gasteiger partial charge in [0, 0.05) is 18.2 Å². The van der Waals surface area contributed by atoms with Gasteiger partial charge in [-0.05, 0) is 43.7 Å². The third kappa shape index (κ3) is 2.15. The van der Waals surface area contributed by atoms with E-state index in [0.717, 1.165) is 36.9 Å². The Morgan fingerprint density at radius 3 is 2.85 bits per heavy atom. The fourth-order valence-corrected chi connectivity index (χ4v) is 3.57. The first-order valence-electron chi connectivity index (χ1n) is 7.06. The van der Waals surface area contributed by atoms with E-state index in [0.29, 0.717) is 5.15 Å². The van der Waals surface area contributed by atoms with E-state index in [1.807, 2.05) is 14.0 Å². The molecule has 0 spiro atoms. The average Bonchev–Trinajstić information content (AvgIpc) is 2.66. The van der Waals surface area contributed by atoms with E-state index < -0.39 is 0 Å². The normalized spacial score (nSPS) is 21.8. The van der Waals surface area contributed by atoms with Crippen molar-refractivity contribution in [2.75, 3.05) is 0 Å². The van der Waals surface area contributed by atoms with Gasteiger partial charge < -0.3 is 5.73 Å². The van der Waals surface area contributed by atoms with Crippen LogP contribution in [0.4, 0.5) is 0 Å². The van der Waals surface area contributed by atoms with Crippen molar-refractivity contribution < 1.29 is 0 Å². The molecule has 0 bridgehead atoms. The van der Waals surface area contributed by atoms with Gasteiger partial charge >= 0.3 is 0 Å². The highest BCUT2D eigenvalue weighted by Gasteiger charge is 2.34. The number of fused-ring (bicyclic) bond motifs is 1. The summed E-state index contributed by atoms with van der Waals surface area (Å²) in [6.45, 7) is 2.00. The number of rotatable bonds is 2. The molecule has 1 heterocycles. The molecular formula is C16H20ClN3. The van der Waals surface area contributed by atoms with Gasteiger partial charge in [-0.25, -0.2) is 0 Å². The van der Waals surface area contributed by atoms with Crippen LogP contribution in [0, 0.1) is 6.92 Å². The van der Waals surface area contributed by atoms with Gasteiger partial charge in [0.05, 0.1) is 5.69 Å². The number of hydrogen-bond donors (Lipinski definition) is 1. The van der Waals surface area contributed by atoms with Crippen molar-refractivity contribution in [2.45, 2.75) is 38.1 Å². The summed E-state index contributed by atoms with van der Waals surface area (Å²) in [6.07, 6.45) is 4.00. The van der Waals surface area contributed by atoms with Crippen LogP contribution < -0.4 is 5.73 Å². The van der Waals surface area contributed by atoms with E-state index >= 15 is 0 Å². The number of halogens is 1. The Hall–Kier alpha value is -1.32. The molecule has 1 aliphatic carbocycles. The quantitative estimate of drug-likeness (QED) is 0.923. The maximum absolute atomic E-state index is 6.75. The summed E-state index contributed by atoms with van der Waals surface area (Å²) in [5.74, 6) is 0. The van der Waals surface area contributed by atoms with Crippen molar-refractivity contribution >= 4 is 11.6 Å². The van der Waals surface area contributed by atoms with E-state index in [9.17, 15) is 0 Å². The highest BCUT2D eigenvalue weighted by Crippen LogP contribution is 2.37. The van der Waals surface area contributed by atoms with Gasteiger partial charge in [0.1, 0.15) is 5.15 Å². The molecule has 0 radical (unpaired) electrons. The topological polar surface area (TPSA) is 43.8 Å². The van der Waals surface area contributed by atoms with Crippen molar-refractivity contribution in [1.29, 1.82) is 0 Å². The fourth-order valence-electron chi connectivity index (χ4n) is 3.33. The second-order valence-electron chi connectivity index (χ2n) is 5.82. The summed E-state index contributed by atoms with van der Waals surface area (Å²) in [7, 11) is 1.87. The number of benzene rings is 1.